The molecule has 23 heavy (non-hydrogen) atoms. The highest BCUT2D eigenvalue weighted by Crippen LogP contribution is 2.41. The van der Waals surface area contributed by atoms with Crippen molar-refractivity contribution in [2.75, 3.05) is 6.54 Å². The average Bonchev–Trinajstić information content (AvgIpc) is 3.22. The summed E-state index contributed by atoms with van der Waals surface area (Å²) >= 11 is 1.69. The zero-order chi connectivity index (χ0) is 15.6. The molecule has 1 aromatic carbocycles. The Hall–Kier alpha value is -1.65. The molecule has 120 valence electrons. The van der Waals surface area contributed by atoms with E-state index in [0.717, 1.165) is 16.5 Å². The molecule has 0 spiro atoms. The van der Waals surface area contributed by atoms with Crippen LogP contribution in [0, 0.1) is 0 Å². The van der Waals surface area contributed by atoms with Crippen molar-refractivity contribution in [3.8, 4) is 10.4 Å². The Labute approximate surface area is 141 Å². The number of fused-ring (bicyclic) bond motifs is 1. The van der Waals surface area contributed by atoms with Crippen molar-refractivity contribution in [1.82, 2.24) is 4.90 Å². The first kappa shape index (κ1) is 14.9. The van der Waals surface area contributed by atoms with Crippen molar-refractivity contribution < 1.29 is 5.21 Å². The Morgan fingerprint density at radius 3 is 2.78 bits per heavy atom. The van der Waals surface area contributed by atoms with Gasteiger partial charge in [-0.2, -0.15) is 0 Å². The Morgan fingerprint density at radius 1 is 1.09 bits per heavy atom. The van der Waals surface area contributed by atoms with Crippen molar-refractivity contribution in [3.05, 3.63) is 46.8 Å². The summed E-state index contributed by atoms with van der Waals surface area (Å²) in [5.41, 5.74) is 3.63. The first-order chi connectivity index (χ1) is 11.4. The lowest BCUT2D eigenvalue weighted by Gasteiger charge is -2.34. The average molecular weight is 326 g/mol. The fourth-order valence-electron chi connectivity index (χ4n) is 4.19. The highest BCUT2D eigenvalue weighted by Gasteiger charge is 2.35. The quantitative estimate of drug-likeness (QED) is 0.494. The van der Waals surface area contributed by atoms with Crippen LogP contribution >= 0.6 is 11.3 Å². The van der Waals surface area contributed by atoms with E-state index in [1.807, 2.05) is 11.4 Å². The van der Waals surface area contributed by atoms with E-state index < -0.39 is 0 Å². The van der Waals surface area contributed by atoms with Crippen LogP contribution in [0.1, 0.15) is 49.3 Å². The molecule has 3 nitrogen and oxygen atoms in total. The van der Waals surface area contributed by atoms with Gasteiger partial charge in [-0.3, -0.25) is 4.90 Å². The monoisotopic (exact) mass is 326 g/mol. The van der Waals surface area contributed by atoms with Crippen molar-refractivity contribution >= 4 is 17.6 Å². The largest absolute Gasteiger partial charge is 0.411 e. The topological polar surface area (TPSA) is 35.8 Å². The van der Waals surface area contributed by atoms with Crippen molar-refractivity contribution in [2.45, 2.75) is 44.2 Å². The maximum Gasteiger partial charge on any atom is 0.0748 e. The number of benzene rings is 1. The van der Waals surface area contributed by atoms with Crippen LogP contribution in [0.5, 0.6) is 0 Å². The van der Waals surface area contributed by atoms with Crippen LogP contribution in [0.4, 0.5) is 0 Å². The van der Waals surface area contributed by atoms with Gasteiger partial charge in [0.25, 0.3) is 0 Å². The van der Waals surface area contributed by atoms with E-state index in [0.29, 0.717) is 6.04 Å². The predicted octanol–water partition coefficient (Wildman–Crippen LogP) is 4.91. The summed E-state index contributed by atoms with van der Waals surface area (Å²) in [4.78, 5) is 3.89. The smallest absolute Gasteiger partial charge is 0.0748 e. The number of thiophene rings is 1. The molecule has 2 saturated heterocycles. The third-order valence-corrected chi connectivity index (χ3v) is 6.28. The second-order valence-corrected chi connectivity index (χ2v) is 7.47. The molecule has 2 aliphatic heterocycles. The molecule has 0 radical (unpaired) electrons. The van der Waals surface area contributed by atoms with Crippen molar-refractivity contribution in [1.29, 1.82) is 0 Å². The number of oxime groups is 1. The highest BCUT2D eigenvalue weighted by atomic mass is 32.1. The van der Waals surface area contributed by atoms with Crippen LogP contribution in [-0.4, -0.2) is 28.9 Å². The van der Waals surface area contributed by atoms with Crippen LogP contribution in [0.25, 0.3) is 10.4 Å². The van der Waals surface area contributed by atoms with Crippen LogP contribution in [0.3, 0.4) is 0 Å². The Balaban J connectivity index is 1.57. The molecular formula is C19H22N2OS. The molecule has 0 amide bonds. The number of hydrogen-bond donors (Lipinski definition) is 1. The van der Waals surface area contributed by atoms with Gasteiger partial charge in [-0.25, -0.2) is 0 Å². The van der Waals surface area contributed by atoms with Gasteiger partial charge in [0.15, 0.2) is 0 Å². The number of rotatable bonds is 3. The lowest BCUT2D eigenvalue weighted by Crippen LogP contribution is -2.35. The summed E-state index contributed by atoms with van der Waals surface area (Å²) in [5.74, 6) is 0. The lowest BCUT2D eigenvalue weighted by molar-refractivity contribution is 0.150. The maximum atomic E-state index is 8.78. The summed E-state index contributed by atoms with van der Waals surface area (Å²) in [6.07, 6.45) is 8.30. The van der Waals surface area contributed by atoms with Crippen LogP contribution in [0.2, 0.25) is 0 Å². The van der Waals surface area contributed by atoms with E-state index >= 15 is 0 Å². The van der Waals surface area contributed by atoms with Crippen LogP contribution in [0.15, 0.2) is 40.9 Å². The van der Waals surface area contributed by atoms with Gasteiger partial charge < -0.3 is 5.21 Å². The van der Waals surface area contributed by atoms with Gasteiger partial charge in [-0.15, -0.1) is 11.3 Å². The van der Waals surface area contributed by atoms with Gasteiger partial charge in [-0.05, 0) is 54.8 Å². The zero-order valence-corrected chi connectivity index (χ0v) is 14.0. The Kier molecular flexibility index (Phi) is 4.19. The Bertz CT molecular complexity index is 692. The summed E-state index contributed by atoms with van der Waals surface area (Å²) in [6.45, 7) is 1.26. The standard InChI is InChI=1S/C19H22N2OS/c22-20-13-16-10-12-23-19(16)15-6-4-14(5-7-15)18-9-8-17-3-1-2-11-21(17)18/h4-7,10,12-13,17-18,22H,1-3,8-9,11H2/b20-13+/t17-,18-/m1/s1. The minimum absolute atomic E-state index is 0.608. The molecule has 2 fully saturated rings. The Morgan fingerprint density at radius 2 is 1.96 bits per heavy atom. The van der Waals surface area contributed by atoms with Gasteiger partial charge in [-0.1, -0.05) is 35.8 Å². The van der Waals surface area contributed by atoms with Gasteiger partial charge in [0.05, 0.1) is 6.21 Å². The SMILES string of the molecule is O/N=C/c1ccsc1-c1ccc([C@H]2CC[C@H]3CCCCN32)cc1. The molecule has 0 aliphatic carbocycles. The van der Waals surface area contributed by atoms with E-state index in [9.17, 15) is 0 Å². The zero-order valence-electron chi connectivity index (χ0n) is 13.2. The molecule has 2 aromatic rings. The minimum atomic E-state index is 0.608. The normalized spacial score (nSPS) is 25.0. The molecule has 0 unspecified atom stereocenters. The molecule has 0 saturated carbocycles. The molecule has 0 bridgehead atoms. The first-order valence-electron chi connectivity index (χ1n) is 8.48. The van der Waals surface area contributed by atoms with E-state index in [2.05, 4.69) is 34.3 Å². The molecule has 3 heterocycles. The summed E-state index contributed by atoms with van der Waals surface area (Å²) in [5, 5.41) is 14.0. The summed E-state index contributed by atoms with van der Waals surface area (Å²) < 4.78 is 0. The molecule has 4 rings (SSSR count). The first-order valence-corrected chi connectivity index (χ1v) is 9.36. The summed E-state index contributed by atoms with van der Waals surface area (Å²) in [7, 11) is 0. The molecule has 1 N–H and O–H groups in total. The maximum absolute atomic E-state index is 8.78. The van der Waals surface area contributed by atoms with Gasteiger partial charge in [0.1, 0.15) is 0 Å². The minimum Gasteiger partial charge on any atom is -0.411 e. The number of piperidine rings is 1. The second kappa shape index (κ2) is 6.46. The van der Waals surface area contributed by atoms with Crippen molar-refractivity contribution in [2.24, 2.45) is 5.16 Å². The van der Waals surface area contributed by atoms with Crippen molar-refractivity contribution in [3.63, 3.8) is 0 Å². The third-order valence-electron chi connectivity index (χ3n) is 5.30. The molecule has 4 heteroatoms. The van der Waals surface area contributed by atoms with Gasteiger partial charge in [0, 0.05) is 22.5 Å². The third kappa shape index (κ3) is 2.81. The molecule has 1 aromatic heterocycles. The van der Waals surface area contributed by atoms with E-state index in [1.54, 1.807) is 11.3 Å². The van der Waals surface area contributed by atoms with E-state index in [1.165, 1.54) is 56.0 Å². The fourth-order valence-corrected chi connectivity index (χ4v) is 5.07. The second-order valence-electron chi connectivity index (χ2n) is 6.55. The molecule has 2 aliphatic rings. The van der Waals surface area contributed by atoms with Crippen LogP contribution < -0.4 is 0 Å². The van der Waals surface area contributed by atoms with Gasteiger partial charge in [0.2, 0.25) is 0 Å². The molecule has 2 atom stereocenters. The molecular weight excluding hydrogens is 304 g/mol. The summed E-state index contributed by atoms with van der Waals surface area (Å²) in [6, 6.07) is 12.4. The lowest BCUT2D eigenvalue weighted by atomic mass is 10.0. The number of hydrogen-bond acceptors (Lipinski definition) is 4. The highest BCUT2D eigenvalue weighted by molar-refractivity contribution is 7.14. The van der Waals surface area contributed by atoms with Gasteiger partial charge >= 0.3 is 0 Å². The fraction of sp³-hybridized carbons (Fsp3) is 0.421. The number of nitrogens with zero attached hydrogens (tertiary/aromatic N) is 2. The van der Waals surface area contributed by atoms with E-state index in [4.69, 9.17) is 5.21 Å². The van der Waals surface area contributed by atoms with E-state index in [-0.39, 0.29) is 0 Å². The van der Waals surface area contributed by atoms with Crippen LogP contribution in [-0.2, 0) is 0 Å². The predicted molar refractivity (Wildman–Crippen MR) is 95.5 cm³/mol.